The second-order valence-electron chi connectivity index (χ2n) is 5.75. The maximum absolute atomic E-state index is 11.8. The van der Waals surface area contributed by atoms with E-state index in [2.05, 4.69) is 13.8 Å². The van der Waals surface area contributed by atoms with E-state index in [1.54, 1.807) is 0 Å². The summed E-state index contributed by atoms with van der Waals surface area (Å²) in [7, 11) is 0. The summed E-state index contributed by atoms with van der Waals surface area (Å²) in [6.45, 7) is 4.90. The van der Waals surface area contributed by atoms with Gasteiger partial charge in [0.15, 0.2) is 5.78 Å². The van der Waals surface area contributed by atoms with E-state index >= 15 is 0 Å². The van der Waals surface area contributed by atoms with Crippen LogP contribution in [0, 0.1) is 5.41 Å². The standard InChI is InChI=1S/C15H22O4/c1-3-4-9-19-12-6-5-10-13(14(17)18)11(16)7-8-15(10,12)2/h12H,3-9H2,1-2H3,(H,17,18)/t12-,15-/m1/s1. The number of carbonyl (C=O) groups excluding carboxylic acids is 1. The summed E-state index contributed by atoms with van der Waals surface area (Å²) in [4.78, 5) is 23.1. The summed E-state index contributed by atoms with van der Waals surface area (Å²) in [6.07, 6.45) is 4.74. The van der Waals surface area contributed by atoms with Crippen LogP contribution in [0.15, 0.2) is 11.1 Å². The Morgan fingerprint density at radius 2 is 2.21 bits per heavy atom. The van der Waals surface area contributed by atoms with Crippen LogP contribution in [0.1, 0.15) is 52.4 Å². The molecule has 0 heterocycles. The first kappa shape index (κ1) is 14.3. The average molecular weight is 266 g/mol. The highest BCUT2D eigenvalue weighted by Gasteiger charge is 2.49. The maximum atomic E-state index is 11.8. The molecule has 0 unspecified atom stereocenters. The van der Waals surface area contributed by atoms with Crippen molar-refractivity contribution >= 4 is 11.8 Å². The number of rotatable bonds is 5. The fourth-order valence-electron chi connectivity index (χ4n) is 3.35. The van der Waals surface area contributed by atoms with E-state index in [0.717, 1.165) is 37.9 Å². The van der Waals surface area contributed by atoms with Gasteiger partial charge in [-0.1, -0.05) is 20.3 Å². The topological polar surface area (TPSA) is 63.6 Å². The van der Waals surface area contributed by atoms with Gasteiger partial charge in [-0.05, 0) is 31.3 Å². The van der Waals surface area contributed by atoms with E-state index in [4.69, 9.17) is 4.74 Å². The Morgan fingerprint density at radius 3 is 2.84 bits per heavy atom. The van der Waals surface area contributed by atoms with Gasteiger partial charge in [-0.2, -0.15) is 0 Å². The molecule has 0 radical (unpaired) electrons. The van der Waals surface area contributed by atoms with Gasteiger partial charge >= 0.3 is 5.97 Å². The first-order valence-corrected chi connectivity index (χ1v) is 7.12. The van der Waals surface area contributed by atoms with E-state index in [-0.39, 0.29) is 22.9 Å². The number of ketones is 1. The summed E-state index contributed by atoms with van der Waals surface area (Å²) < 4.78 is 5.94. The third-order valence-electron chi connectivity index (χ3n) is 4.54. The number of hydrogen-bond acceptors (Lipinski definition) is 3. The van der Waals surface area contributed by atoms with Crippen LogP contribution >= 0.6 is 0 Å². The first-order valence-electron chi connectivity index (χ1n) is 7.12. The number of ether oxygens (including phenoxy) is 1. The Hall–Kier alpha value is -1.16. The summed E-state index contributed by atoms with van der Waals surface area (Å²) >= 11 is 0. The average Bonchev–Trinajstić information content (AvgIpc) is 2.67. The van der Waals surface area contributed by atoms with Crippen molar-refractivity contribution in [1.82, 2.24) is 0 Å². The van der Waals surface area contributed by atoms with Crippen LogP contribution in [0.3, 0.4) is 0 Å². The zero-order valence-electron chi connectivity index (χ0n) is 11.7. The minimum Gasteiger partial charge on any atom is -0.478 e. The van der Waals surface area contributed by atoms with Crippen molar-refractivity contribution in [3.63, 3.8) is 0 Å². The third-order valence-corrected chi connectivity index (χ3v) is 4.54. The predicted molar refractivity (Wildman–Crippen MR) is 70.9 cm³/mol. The van der Waals surface area contributed by atoms with E-state index in [9.17, 15) is 14.7 Å². The highest BCUT2D eigenvalue weighted by atomic mass is 16.5. The van der Waals surface area contributed by atoms with E-state index < -0.39 is 5.97 Å². The van der Waals surface area contributed by atoms with Crippen molar-refractivity contribution < 1.29 is 19.4 Å². The van der Waals surface area contributed by atoms with Gasteiger partial charge in [-0.25, -0.2) is 4.79 Å². The van der Waals surface area contributed by atoms with Gasteiger partial charge in [-0.3, -0.25) is 4.79 Å². The smallest absolute Gasteiger partial charge is 0.339 e. The molecule has 0 aromatic heterocycles. The highest BCUT2D eigenvalue weighted by Crippen LogP contribution is 2.51. The lowest BCUT2D eigenvalue weighted by atomic mass is 9.71. The van der Waals surface area contributed by atoms with Gasteiger partial charge in [0.05, 0.1) is 6.10 Å². The second kappa shape index (κ2) is 5.45. The molecule has 0 aliphatic heterocycles. The zero-order chi connectivity index (χ0) is 14.0. The van der Waals surface area contributed by atoms with Crippen LogP contribution in [-0.2, 0) is 14.3 Å². The number of Topliss-reactive ketones (excluding diaryl/α,β-unsaturated/α-hetero) is 1. The maximum Gasteiger partial charge on any atom is 0.339 e. The molecule has 0 aromatic carbocycles. The van der Waals surface area contributed by atoms with Gasteiger partial charge in [0.2, 0.25) is 0 Å². The Balaban J connectivity index is 2.24. The molecule has 0 spiro atoms. The Morgan fingerprint density at radius 1 is 1.47 bits per heavy atom. The lowest BCUT2D eigenvalue weighted by Gasteiger charge is -2.36. The number of carboxylic acids is 1. The minimum absolute atomic E-state index is 0.0374. The van der Waals surface area contributed by atoms with Gasteiger partial charge in [0.25, 0.3) is 0 Å². The molecular formula is C15H22O4. The molecular weight excluding hydrogens is 244 g/mol. The number of fused-ring (bicyclic) bond motifs is 1. The Labute approximate surface area is 113 Å². The van der Waals surface area contributed by atoms with Crippen molar-refractivity contribution in [3.05, 3.63) is 11.1 Å². The molecule has 2 atom stereocenters. The molecule has 0 bridgehead atoms. The molecule has 1 fully saturated rings. The van der Waals surface area contributed by atoms with Crippen LogP contribution in [0.4, 0.5) is 0 Å². The third kappa shape index (κ3) is 2.46. The summed E-state index contributed by atoms with van der Waals surface area (Å²) in [5.41, 5.74) is 0.600. The van der Waals surface area contributed by atoms with Crippen LogP contribution < -0.4 is 0 Å². The van der Waals surface area contributed by atoms with Crippen LogP contribution in [0.2, 0.25) is 0 Å². The summed E-state index contributed by atoms with van der Waals surface area (Å²) in [5.74, 6) is -1.28. The molecule has 4 heteroatoms. The van der Waals surface area contributed by atoms with Gasteiger partial charge < -0.3 is 9.84 Å². The van der Waals surface area contributed by atoms with Crippen molar-refractivity contribution in [2.45, 2.75) is 58.5 Å². The molecule has 1 N–H and O–H groups in total. The number of aliphatic carboxylic acids is 1. The van der Waals surface area contributed by atoms with Crippen molar-refractivity contribution in [1.29, 1.82) is 0 Å². The number of hydrogen-bond donors (Lipinski definition) is 1. The fourth-order valence-corrected chi connectivity index (χ4v) is 3.35. The Bertz CT molecular complexity index is 424. The molecule has 1 saturated carbocycles. The monoisotopic (exact) mass is 266 g/mol. The number of unbranched alkanes of at least 4 members (excludes halogenated alkanes) is 1. The second-order valence-corrected chi connectivity index (χ2v) is 5.75. The summed E-state index contributed by atoms with van der Waals surface area (Å²) in [6, 6.07) is 0. The van der Waals surface area contributed by atoms with Crippen molar-refractivity contribution in [3.8, 4) is 0 Å². The SMILES string of the molecule is CCCCO[C@@H]1CCC2=C(C(=O)O)C(=O)CC[C@]21C. The van der Waals surface area contributed by atoms with Crippen molar-refractivity contribution in [2.75, 3.05) is 6.61 Å². The van der Waals surface area contributed by atoms with Gasteiger partial charge in [-0.15, -0.1) is 0 Å². The molecule has 19 heavy (non-hydrogen) atoms. The molecule has 2 rings (SSSR count). The molecule has 106 valence electrons. The van der Waals surface area contributed by atoms with Crippen LogP contribution in [0.25, 0.3) is 0 Å². The van der Waals surface area contributed by atoms with Gasteiger partial charge in [0.1, 0.15) is 5.57 Å². The molecule has 0 aromatic rings. The normalized spacial score (nSPS) is 30.6. The highest BCUT2D eigenvalue weighted by molar-refractivity contribution is 6.18. The van der Waals surface area contributed by atoms with E-state index in [1.165, 1.54) is 0 Å². The Kier molecular flexibility index (Phi) is 4.09. The lowest BCUT2D eigenvalue weighted by Crippen LogP contribution is -2.37. The fraction of sp³-hybridized carbons (Fsp3) is 0.733. The predicted octanol–water partition coefficient (Wildman–Crippen LogP) is 2.72. The lowest BCUT2D eigenvalue weighted by molar-refractivity contribution is -0.135. The molecule has 2 aliphatic rings. The molecule has 0 amide bonds. The largest absolute Gasteiger partial charge is 0.478 e. The van der Waals surface area contributed by atoms with E-state index in [1.807, 2.05) is 0 Å². The summed E-state index contributed by atoms with van der Waals surface area (Å²) in [5, 5.41) is 9.25. The van der Waals surface area contributed by atoms with Crippen molar-refractivity contribution in [2.24, 2.45) is 5.41 Å². The minimum atomic E-state index is -1.07. The quantitative estimate of drug-likeness (QED) is 0.614. The number of carbonyl (C=O) groups is 2. The molecule has 2 aliphatic carbocycles. The van der Waals surface area contributed by atoms with E-state index in [0.29, 0.717) is 12.8 Å². The van der Waals surface area contributed by atoms with Crippen LogP contribution in [0.5, 0.6) is 0 Å². The first-order chi connectivity index (χ1) is 9.00. The van der Waals surface area contributed by atoms with Gasteiger partial charge in [0, 0.05) is 18.4 Å². The van der Waals surface area contributed by atoms with Crippen LogP contribution in [-0.4, -0.2) is 29.6 Å². The number of carboxylic acid groups (broad SMARTS) is 1. The molecule has 4 nitrogen and oxygen atoms in total. The molecule has 0 saturated heterocycles. The zero-order valence-corrected chi connectivity index (χ0v) is 11.7.